The van der Waals surface area contributed by atoms with Gasteiger partial charge in [-0.15, -0.1) is 11.3 Å². The number of urea groups is 1. The molecule has 0 fully saturated rings. The van der Waals surface area contributed by atoms with Gasteiger partial charge in [0.25, 0.3) is 0 Å². The van der Waals surface area contributed by atoms with Gasteiger partial charge in [0.2, 0.25) is 0 Å². The summed E-state index contributed by atoms with van der Waals surface area (Å²) in [5.74, 6) is -1.06. The van der Waals surface area contributed by atoms with Gasteiger partial charge < -0.3 is 15.7 Å². The molecule has 0 aliphatic carbocycles. The molecule has 2 aromatic rings. The number of thiophene rings is 1. The number of hydrogen-bond donors (Lipinski definition) is 3. The zero-order valence-corrected chi connectivity index (χ0v) is 12.6. The number of hydrogen-bond acceptors (Lipinski definition) is 3. The number of aryl methyl sites for hydroxylation is 2. The minimum absolute atomic E-state index is 0.111. The Morgan fingerprint density at radius 1 is 1.19 bits per heavy atom. The van der Waals surface area contributed by atoms with Gasteiger partial charge in [-0.2, -0.15) is 0 Å². The molecule has 0 aliphatic rings. The highest BCUT2D eigenvalue weighted by Gasteiger charge is 2.14. The molecule has 3 N–H and O–H groups in total. The van der Waals surface area contributed by atoms with Crippen molar-refractivity contribution in [3.63, 3.8) is 0 Å². The Bertz CT molecular complexity index is 679. The number of nitrogens with one attached hydrogen (secondary N) is 2. The molecule has 21 heavy (non-hydrogen) atoms. The number of anilines is 1. The lowest BCUT2D eigenvalue weighted by atomic mass is 10.1. The van der Waals surface area contributed by atoms with Crippen molar-refractivity contribution in [1.82, 2.24) is 5.32 Å². The third-order valence-electron chi connectivity index (χ3n) is 3.11. The molecule has 110 valence electrons. The van der Waals surface area contributed by atoms with E-state index in [-0.39, 0.29) is 5.56 Å². The van der Waals surface area contributed by atoms with E-state index in [0.717, 1.165) is 10.4 Å². The first kappa shape index (κ1) is 15.1. The molecule has 0 saturated carbocycles. The molecule has 0 saturated heterocycles. The Balaban J connectivity index is 2.05. The summed E-state index contributed by atoms with van der Waals surface area (Å²) in [6.07, 6.45) is 0. The van der Waals surface area contributed by atoms with E-state index in [2.05, 4.69) is 10.6 Å². The number of carboxylic acids is 1. The molecule has 6 heteroatoms. The number of carboxylic acid groups (broad SMARTS) is 1. The van der Waals surface area contributed by atoms with Crippen molar-refractivity contribution in [2.75, 3.05) is 5.32 Å². The van der Waals surface area contributed by atoms with E-state index in [9.17, 15) is 14.7 Å². The van der Waals surface area contributed by atoms with Gasteiger partial charge in [0, 0.05) is 4.88 Å². The van der Waals surface area contributed by atoms with E-state index in [1.807, 2.05) is 18.4 Å². The largest absolute Gasteiger partial charge is 0.478 e. The van der Waals surface area contributed by atoms with Gasteiger partial charge in [-0.1, -0.05) is 12.1 Å². The van der Waals surface area contributed by atoms with Gasteiger partial charge in [-0.25, -0.2) is 9.59 Å². The topological polar surface area (TPSA) is 78.4 Å². The predicted molar refractivity (Wildman–Crippen MR) is 83.1 cm³/mol. The van der Waals surface area contributed by atoms with Crippen LogP contribution in [-0.4, -0.2) is 17.1 Å². The second-order valence-electron chi connectivity index (χ2n) is 4.64. The van der Waals surface area contributed by atoms with E-state index >= 15 is 0 Å². The fourth-order valence-electron chi connectivity index (χ4n) is 1.97. The number of carbonyl (C=O) groups excluding carboxylic acids is 1. The summed E-state index contributed by atoms with van der Waals surface area (Å²) in [5, 5.41) is 16.5. The third kappa shape index (κ3) is 3.61. The minimum Gasteiger partial charge on any atom is -0.478 e. The van der Waals surface area contributed by atoms with Gasteiger partial charge >= 0.3 is 12.0 Å². The smallest absolute Gasteiger partial charge is 0.338 e. The second-order valence-corrected chi connectivity index (χ2v) is 5.64. The van der Waals surface area contributed by atoms with Gasteiger partial charge in [-0.3, -0.25) is 0 Å². The fraction of sp³-hybridized carbons (Fsp3) is 0.200. The van der Waals surface area contributed by atoms with Crippen LogP contribution in [0.5, 0.6) is 0 Å². The summed E-state index contributed by atoms with van der Waals surface area (Å²) in [6, 6.07) is 6.55. The normalized spacial score (nSPS) is 10.2. The van der Waals surface area contributed by atoms with E-state index in [0.29, 0.717) is 17.8 Å². The lowest BCUT2D eigenvalue weighted by molar-refractivity contribution is 0.0697. The highest BCUT2D eigenvalue weighted by Crippen LogP contribution is 2.19. The summed E-state index contributed by atoms with van der Waals surface area (Å²) in [7, 11) is 0. The van der Waals surface area contributed by atoms with Crippen molar-refractivity contribution in [1.29, 1.82) is 0 Å². The van der Waals surface area contributed by atoms with Crippen LogP contribution in [0.2, 0.25) is 0 Å². The lowest BCUT2D eigenvalue weighted by Gasteiger charge is -2.11. The zero-order chi connectivity index (χ0) is 15.4. The zero-order valence-electron chi connectivity index (χ0n) is 11.8. The Hall–Kier alpha value is -2.34. The summed E-state index contributed by atoms with van der Waals surface area (Å²) >= 11 is 1.57. The molecule has 0 spiro atoms. The van der Waals surface area contributed by atoms with Gasteiger partial charge in [-0.05, 0) is 42.5 Å². The highest BCUT2D eigenvalue weighted by molar-refractivity contribution is 7.10. The molecule has 2 rings (SSSR count). The average Bonchev–Trinajstić information content (AvgIpc) is 2.81. The Morgan fingerprint density at radius 3 is 2.57 bits per heavy atom. The first-order chi connectivity index (χ1) is 9.99. The molecule has 0 unspecified atom stereocenters. The highest BCUT2D eigenvalue weighted by atomic mass is 32.1. The maximum absolute atomic E-state index is 11.9. The van der Waals surface area contributed by atoms with Crippen molar-refractivity contribution in [2.24, 2.45) is 0 Å². The number of carbonyl (C=O) groups is 2. The maximum atomic E-state index is 11.9. The molecule has 1 heterocycles. The van der Waals surface area contributed by atoms with Crippen LogP contribution in [0.4, 0.5) is 10.5 Å². The van der Waals surface area contributed by atoms with E-state index in [1.165, 1.54) is 0 Å². The van der Waals surface area contributed by atoms with Crippen molar-refractivity contribution < 1.29 is 14.7 Å². The molecule has 0 aliphatic heterocycles. The van der Waals surface area contributed by atoms with Gasteiger partial charge in [0.1, 0.15) is 0 Å². The molecular weight excluding hydrogens is 288 g/mol. The van der Waals surface area contributed by atoms with Crippen LogP contribution in [0.25, 0.3) is 0 Å². The van der Waals surface area contributed by atoms with Crippen LogP contribution in [0, 0.1) is 13.8 Å². The molecule has 0 radical (unpaired) electrons. The molecule has 0 bridgehead atoms. The van der Waals surface area contributed by atoms with Crippen LogP contribution in [0.1, 0.15) is 26.4 Å². The summed E-state index contributed by atoms with van der Waals surface area (Å²) in [4.78, 5) is 24.2. The van der Waals surface area contributed by atoms with Crippen molar-refractivity contribution >= 4 is 29.0 Å². The molecular formula is C15H16N2O3S. The van der Waals surface area contributed by atoms with Crippen LogP contribution in [-0.2, 0) is 6.54 Å². The third-order valence-corrected chi connectivity index (χ3v) is 4.14. The molecule has 1 aromatic heterocycles. The first-order valence-corrected chi connectivity index (χ1v) is 7.27. The Labute approximate surface area is 126 Å². The van der Waals surface area contributed by atoms with E-state index < -0.39 is 12.0 Å². The first-order valence-electron chi connectivity index (χ1n) is 6.39. The average molecular weight is 304 g/mol. The van der Waals surface area contributed by atoms with Crippen molar-refractivity contribution in [3.05, 3.63) is 51.2 Å². The minimum atomic E-state index is -1.06. The van der Waals surface area contributed by atoms with E-state index in [4.69, 9.17) is 0 Å². The molecule has 0 atom stereocenters. The van der Waals surface area contributed by atoms with Gasteiger partial charge in [0.15, 0.2) is 0 Å². The quantitative estimate of drug-likeness (QED) is 0.810. The standard InChI is InChI=1S/C15H16N2O3S/c1-9-6-7-21-12(9)8-16-15(20)17-11-5-3-4-10(2)13(11)14(18)19/h3-7H,8H2,1-2H3,(H,18,19)(H2,16,17,20). The summed E-state index contributed by atoms with van der Waals surface area (Å²) < 4.78 is 0. The lowest BCUT2D eigenvalue weighted by Crippen LogP contribution is -2.29. The van der Waals surface area contributed by atoms with E-state index in [1.54, 1.807) is 36.5 Å². The monoisotopic (exact) mass is 304 g/mol. The number of amides is 2. The van der Waals surface area contributed by atoms with Crippen LogP contribution >= 0.6 is 11.3 Å². The number of aromatic carboxylic acids is 1. The number of benzene rings is 1. The summed E-state index contributed by atoms with van der Waals surface area (Å²) in [6.45, 7) is 4.10. The van der Waals surface area contributed by atoms with Gasteiger partial charge in [0.05, 0.1) is 17.8 Å². The molecule has 5 nitrogen and oxygen atoms in total. The van der Waals surface area contributed by atoms with Crippen molar-refractivity contribution in [3.8, 4) is 0 Å². The fourth-order valence-corrected chi connectivity index (χ4v) is 2.81. The Morgan fingerprint density at radius 2 is 1.95 bits per heavy atom. The number of rotatable bonds is 4. The van der Waals surface area contributed by atoms with Crippen LogP contribution in [0.3, 0.4) is 0 Å². The van der Waals surface area contributed by atoms with Crippen LogP contribution < -0.4 is 10.6 Å². The molecule has 2 amide bonds. The SMILES string of the molecule is Cc1ccsc1CNC(=O)Nc1cccc(C)c1C(=O)O. The molecule has 1 aromatic carbocycles. The predicted octanol–water partition coefficient (Wildman–Crippen LogP) is 3.38. The second kappa shape index (κ2) is 6.41. The van der Waals surface area contributed by atoms with Crippen LogP contribution in [0.15, 0.2) is 29.6 Å². The maximum Gasteiger partial charge on any atom is 0.338 e. The Kier molecular flexibility index (Phi) is 4.59. The van der Waals surface area contributed by atoms with Crippen molar-refractivity contribution in [2.45, 2.75) is 20.4 Å². The summed E-state index contributed by atoms with van der Waals surface area (Å²) in [5.41, 5.74) is 2.14.